The van der Waals surface area contributed by atoms with Crippen molar-refractivity contribution >= 4 is 31.5 Å². The van der Waals surface area contributed by atoms with Crippen molar-refractivity contribution in [3.8, 4) is 11.3 Å². The van der Waals surface area contributed by atoms with E-state index < -0.39 is 9.05 Å². The van der Waals surface area contributed by atoms with Crippen molar-refractivity contribution in [1.29, 1.82) is 0 Å². The highest BCUT2D eigenvalue weighted by Gasteiger charge is 2.35. The Bertz CT molecular complexity index is 829. The highest BCUT2D eigenvalue weighted by atomic mass is 35.7. The number of hydrogen-bond donors (Lipinski definition) is 0. The Hall–Kier alpha value is -1.86. The average molecular weight is 355 g/mol. The number of rotatable bonds is 4. The molecule has 8 heteroatoms. The van der Waals surface area contributed by atoms with Gasteiger partial charge >= 0.3 is 0 Å². The number of carbonyl (C=O) groups excluding carboxylic acids is 1. The van der Waals surface area contributed by atoms with Gasteiger partial charge in [0.25, 0.3) is 0 Å². The molecule has 1 aromatic heterocycles. The minimum atomic E-state index is -3.63. The van der Waals surface area contributed by atoms with Crippen LogP contribution in [-0.4, -0.2) is 31.8 Å². The third kappa shape index (κ3) is 3.73. The molecule has 1 saturated heterocycles. The van der Waals surface area contributed by atoms with Gasteiger partial charge in [0.15, 0.2) is 0 Å². The summed E-state index contributed by atoms with van der Waals surface area (Å²) in [6.07, 6.45) is 0.131. The van der Waals surface area contributed by atoms with E-state index in [-0.39, 0.29) is 30.5 Å². The summed E-state index contributed by atoms with van der Waals surface area (Å²) in [6, 6.07) is 9.45. The fraction of sp³-hybridized carbons (Fsp3) is 0.333. The Kier molecular flexibility index (Phi) is 4.16. The molecule has 1 unspecified atom stereocenters. The Morgan fingerprint density at radius 1 is 1.35 bits per heavy atom. The normalized spacial score (nSPS) is 18.6. The molecule has 1 aliphatic rings. The van der Waals surface area contributed by atoms with Crippen molar-refractivity contribution in [3.63, 3.8) is 0 Å². The second kappa shape index (κ2) is 5.98. The molecule has 3 rings (SSSR count). The van der Waals surface area contributed by atoms with E-state index in [9.17, 15) is 13.2 Å². The third-order valence-electron chi connectivity index (χ3n) is 3.75. The first-order chi connectivity index (χ1) is 10.8. The summed E-state index contributed by atoms with van der Waals surface area (Å²) in [4.78, 5) is 13.5. The lowest BCUT2D eigenvalue weighted by Crippen LogP contribution is -2.24. The minimum absolute atomic E-state index is 0.131. The number of amides is 1. The number of carbonyl (C=O) groups is 1. The summed E-state index contributed by atoms with van der Waals surface area (Å²) in [5, 5.41) is 3.98. The van der Waals surface area contributed by atoms with E-state index in [4.69, 9.17) is 15.2 Å². The maximum atomic E-state index is 12.1. The van der Waals surface area contributed by atoms with Crippen LogP contribution in [0.4, 0.5) is 5.88 Å². The standard InChI is InChI=1S/C15H15ClN2O4S/c1-10-2-4-12(5-3-10)13-7-15(22-17-13)18-8-11(6-14(18)19)9-23(16,20)21/h2-5,7,11H,6,8-9H2,1H3. The van der Waals surface area contributed by atoms with Gasteiger partial charge in [-0.2, -0.15) is 0 Å². The molecule has 0 N–H and O–H groups in total. The molecule has 0 saturated carbocycles. The van der Waals surface area contributed by atoms with Gasteiger partial charge in [0, 0.05) is 41.2 Å². The van der Waals surface area contributed by atoms with Crippen LogP contribution in [0.2, 0.25) is 0 Å². The van der Waals surface area contributed by atoms with Crippen LogP contribution >= 0.6 is 10.7 Å². The monoisotopic (exact) mass is 354 g/mol. The molecule has 2 heterocycles. The molecule has 6 nitrogen and oxygen atoms in total. The van der Waals surface area contributed by atoms with Crippen molar-refractivity contribution < 1.29 is 17.7 Å². The third-order valence-corrected chi connectivity index (χ3v) is 5.00. The molecule has 1 amide bonds. The van der Waals surface area contributed by atoms with Crippen molar-refractivity contribution in [1.82, 2.24) is 5.16 Å². The first-order valence-corrected chi connectivity index (χ1v) is 9.56. The number of aromatic nitrogens is 1. The van der Waals surface area contributed by atoms with Crippen LogP contribution in [0.5, 0.6) is 0 Å². The molecule has 122 valence electrons. The van der Waals surface area contributed by atoms with Crippen LogP contribution in [0.25, 0.3) is 11.3 Å². The molecule has 1 atom stereocenters. The highest BCUT2D eigenvalue weighted by Crippen LogP contribution is 2.30. The van der Waals surface area contributed by atoms with Gasteiger partial charge in [-0.25, -0.2) is 8.42 Å². The molecule has 0 spiro atoms. The zero-order valence-corrected chi connectivity index (χ0v) is 14.0. The summed E-state index contributed by atoms with van der Waals surface area (Å²) in [5.74, 6) is -0.435. The molecule has 1 fully saturated rings. The summed E-state index contributed by atoms with van der Waals surface area (Å²) in [5.41, 5.74) is 2.65. The second-order valence-electron chi connectivity index (χ2n) is 5.70. The van der Waals surface area contributed by atoms with E-state index in [2.05, 4.69) is 5.16 Å². The van der Waals surface area contributed by atoms with Gasteiger partial charge in [0.2, 0.25) is 20.8 Å². The minimum Gasteiger partial charge on any atom is -0.338 e. The van der Waals surface area contributed by atoms with Gasteiger partial charge in [-0.3, -0.25) is 9.69 Å². The maximum Gasteiger partial charge on any atom is 0.234 e. The molecule has 0 aliphatic carbocycles. The van der Waals surface area contributed by atoms with Crippen LogP contribution < -0.4 is 4.90 Å². The number of benzene rings is 1. The Morgan fingerprint density at radius 2 is 2.04 bits per heavy atom. The molecule has 2 aromatic rings. The van der Waals surface area contributed by atoms with Gasteiger partial charge in [-0.15, -0.1) is 0 Å². The number of hydrogen-bond acceptors (Lipinski definition) is 5. The van der Waals surface area contributed by atoms with Crippen molar-refractivity contribution in [3.05, 3.63) is 35.9 Å². The van der Waals surface area contributed by atoms with E-state index in [1.165, 1.54) is 4.90 Å². The topological polar surface area (TPSA) is 80.5 Å². The first-order valence-electron chi connectivity index (χ1n) is 7.08. The summed E-state index contributed by atoms with van der Waals surface area (Å²) in [6.45, 7) is 2.25. The quantitative estimate of drug-likeness (QED) is 0.788. The maximum absolute atomic E-state index is 12.1. The lowest BCUT2D eigenvalue weighted by Gasteiger charge is -2.11. The first kappa shape index (κ1) is 16.0. The fourth-order valence-electron chi connectivity index (χ4n) is 2.64. The van der Waals surface area contributed by atoms with Gasteiger partial charge in [-0.1, -0.05) is 35.0 Å². The number of halogens is 1. The van der Waals surface area contributed by atoms with Gasteiger partial charge < -0.3 is 4.52 Å². The van der Waals surface area contributed by atoms with E-state index in [1.54, 1.807) is 6.07 Å². The van der Waals surface area contributed by atoms with Crippen LogP contribution in [0.15, 0.2) is 34.9 Å². The highest BCUT2D eigenvalue weighted by molar-refractivity contribution is 8.13. The van der Waals surface area contributed by atoms with Crippen molar-refractivity contribution in [2.24, 2.45) is 5.92 Å². The molecular weight excluding hydrogens is 340 g/mol. The molecular formula is C15H15ClN2O4S. The average Bonchev–Trinajstić information content (AvgIpc) is 3.04. The molecule has 0 radical (unpaired) electrons. The SMILES string of the molecule is Cc1ccc(-c2cc(N3CC(CS(=O)(=O)Cl)CC3=O)on2)cc1. The second-order valence-corrected chi connectivity index (χ2v) is 8.52. The fourth-order valence-corrected chi connectivity index (χ4v) is 3.96. The smallest absolute Gasteiger partial charge is 0.234 e. The van der Waals surface area contributed by atoms with Crippen molar-refractivity contribution in [2.45, 2.75) is 13.3 Å². The lowest BCUT2D eigenvalue weighted by molar-refractivity contribution is -0.117. The largest absolute Gasteiger partial charge is 0.338 e. The van der Waals surface area contributed by atoms with Gasteiger partial charge in [0.05, 0.1) is 5.75 Å². The molecule has 1 aliphatic heterocycles. The van der Waals surface area contributed by atoms with E-state index >= 15 is 0 Å². The zero-order chi connectivity index (χ0) is 16.6. The van der Waals surface area contributed by atoms with Crippen LogP contribution in [0.1, 0.15) is 12.0 Å². The van der Waals surface area contributed by atoms with Gasteiger partial charge in [-0.05, 0) is 6.92 Å². The summed E-state index contributed by atoms with van der Waals surface area (Å²) in [7, 11) is 1.63. The van der Waals surface area contributed by atoms with E-state index in [0.29, 0.717) is 11.6 Å². The van der Waals surface area contributed by atoms with Crippen molar-refractivity contribution in [2.75, 3.05) is 17.2 Å². The Balaban J connectivity index is 1.78. The zero-order valence-electron chi connectivity index (χ0n) is 12.4. The van der Waals surface area contributed by atoms with E-state index in [0.717, 1.165) is 11.1 Å². The molecule has 0 bridgehead atoms. The Morgan fingerprint density at radius 3 is 2.70 bits per heavy atom. The Labute approximate surface area is 138 Å². The number of nitrogens with zero attached hydrogens (tertiary/aromatic N) is 2. The van der Waals surface area contributed by atoms with E-state index in [1.807, 2.05) is 31.2 Å². The number of anilines is 1. The lowest BCUT2D eigenvalue weighted by atomic mass is 10.1. The van der Waals surface area contributed by atoms with Crippen LogP contribution in [0.3, 0.4) is 0 Å². The van der Waals surface area contributed by atoms with Crippen LogP contribution in [0, 0.1) is 12.8 Å². The predicted molar refractivity (Wildman–Crippen MR) is 86.8 cm³/mol. The summed E-state index contributed by atoms with van der Waals surface area (Å²) >= 11 is 0. The predicted octanol–water partition coefficient (Wildman–Crippen LogP) is 2.57. The molecule has 23 heavy (non-hydrogen) atoms. The number of aryl methyl sites for hydroxylation is 1. The summed E-state index contributed by atoms with van der Waals surface area (Å²) < 4.78 is 27.6. The van der Waals surface area contributed by atoms with Gasteiger partial charge in [0.1, 0.15) is 5.69 Å². The molecule has 1 aromatic carbocycles. The van der Waals surface area contributed by atoms with Crippen LogP contribution in [-0.2, 0) is 13.8 Å².